The van der Waals surface area contributed by atoms with Crippen LogP contribution in [0.3, 0.4) is 0 Å². The van der Waals surface area contributed by atoms with E-state index in [1.165, 1.54) is 26.2 Å². The lowest BCUT2D eigenvalue weighted by molar-refractivity contribution is -0.121. The average molecular weight is 508 g/mol. The minimum atomic E-state index is -3.67. The van der Waals surface area contributed by atoms with Crippen molar-refractivity contribution >= 4 is 49.2 Å². The maximum atomic E-state index is 12.3. The molecule has 0 saturated heterocycles. The van der Waals surface area contributed by atoms with Gasteiger partial charge >= 0.3 is 0 Å². The van der Waals surface area contributed by atoms with Crippen LogP contribution >= 0.6 is 23.2 Å². The number of nitrogens with zero attached hydrogens (tertiary/aromatic N) is 2. The zero-order valence-electron chi connectivity index (χ0n) is 17.2. The van der Waals surface area contributed by atoms with Gasteiger partial charge in [0, 0.05) is 27.2 Å². The number of hydrogen-bond acceptors (Lipinski definition) is 5. The topological polar surface area (TPSA) is 104 Å². The third-order valence-electron chi connectivity index (χ3n) is 4.32. The van der Waals surface area contributed by atoms with Crippen LogP contribution in [0.15, 0.2) is 47.4 Å². The van der Waals surface area contributed by atoms with Gasteiger partial charge in [-0.2, -0.15) is 4.31 Å². The molecule has 0 bridgehead atoms. The Morgan fingerprint density at radius 1 is 0.935 bits per heavy atom. The van der Waals surface area contributed by atoms with E-state index in [1.807, 2.05) is 0 Å². The monoisotopic (exact) mass is 507 g/mol. The Morgan fingerprint density at radius 3 is 2.03 bits per heavy atom. The second-order valence-corrected chi connectivity index (χ2v) is 11.9. The van der Waals surface area contributed by atoms with Crippen molar-refractivity contribution in [2.75, 3.05) is 26.9 Å². The maximum Gasteiger partial charge on any atom is 0.242 e. The number of amides is 1. The van der Waals surface area contributed by atoms with Crippen LogP contribution in [-0.4, -0.2) is 58.2 Å². The number of rotatable bonds is 9. The van der Waals surface area contributed by atoms with Gasteiger partial charge in [0.25, 0.3) is 0 Å². The molecular weight excluding hydrogens is 485 g/mol. The molecule has 1 amide bonds. The molecule has 0 aliphatic rings. The second kappa shape index (κ2) is 10.3. The zero-order chi connectivity index (χ0) is 23.4. The summed E-state index contributed by atoms with van der Waals surface area (Å²) in [4.78, 5) is 12.5. The first-order chi connectivity index (χ1) is 14.3. The Balaban J connectivity index is 2.02. The predicted octanol–water partition coefficient (Wildman–Crippen LogP) is 2.32. The van der Waals surface area contributed by atoms with Gasteiger partial charge in [0.2, 0.25) is 26.0 Å². The molecule has 2 rings (SSSR count). The Hall–Kier alpha value is -1.69. The number of carbonyl (C=O) groups is 1. The summed E-state index contributed by atoms with van der Waals surface area (Å²) < 4.78 is 50.5. The van der Waals surface area contributed by atoms with Crippen molar-refractivity contribution in [2.45, 2.75) is 18.0 Å². The van der Waals surface area contributed by atoms with Crippen LogP contribution < -0.4 is 5.32 Å². The van der Waals surface area contributed by atoms with Crippen molar-refractivity contribution in [3.05, 3.63) is 63.6 Å². The van der Waals surface area contributed by atoms with Gasteiger partial charge in [-0.05, 0) is 35.4 Å². The molecule has 2 aromatic rings. The highest BCUT2D eigenvalue weighted by Crippen LogP contribution is 2.23. The molecule has 1 N–H and O–H groups in total. The van der Waals surface area contributed by atoms with Crippen LogP contribution in [-0.2, 0) is 37.9 Å². The summed E-state index contributed by atoms with van der Waals surface area (Å²) >= 11 is 11.8. The number of sulfonamides is 2. The molecule has 0 unspecified atom stereocenters. The Labute approximate surface area is 192 Å². The van der Waals surface area contributed by atoms with Crippen molar-refractivity contribution in [3.8, 4) is 0 Å². The highest BCUT2D eigenvalue weighted by molar-refractivity contribution is 7.89. The molecule has 0 aliphatic heterocycles. The predicted molar refractivity (Wildman–Crippen MR) is 121 cm³/mol. The minimum Gasteiger partial charge on any atom is -0.351 e. The quantitative estimate of drug-likeness (QED) is 0.560. The van der Waals surface area contributed by atoms with Gasteiger partial charge in [-0.3, -0.25) is 4.79 Å². The number of carbonyl (C=O) groups excluding carboxylic acids is 1. The molecule has 0 aliphatic carbocycles. The largest absolute Gasteiger partial charge is 0.351 e. The first kappa shape index (κ1) is 25.6. The van der Waals surface area contributed by atoms with Gasteiger partial charge in [0.1, 0.15) is 0 Å². The summed E-state index contributed by atoms with van der Waals surface area (Å²) in [5.41, 5.74) is 1.26. The summed E-state index contributed by atoms with van der Waals surface area (Å²) in [5, 5.41) is 3.27. The van der Waals surface area contributed by atoms with Gasteiger partial charge in [-0.25, -0.2) is 21.1 Å². The zero-order valence-corrected chi connectivity index (χ0v) is 20.3. The van der Waals surface area contributed by atoms with Crippen LogP contribution in [0.5, 0.6) is 0 Å². The molecule has 0 fully saturated rings. The Bertz CT molecular complexity index is 1150. The van der Waals surface area contributed by atoms with E-state index in [0.717, 1.165) is 14.9 Å². The summed E-state index contributed by atoms with van der Waals surface area (Å²) in [6, 6.07) is 10.8. The summed E-state index contributed by atoms with van der Waals surface area (Å²) in [6.07, 6.45) is 1.02. The fourth-order valence-electron chi connectivity index (χ4n) is 2.54. The van der Waals surface area contributed by atoms with Gasteiger partial charge in [0.05, 0.1) is 27.7 Å². The van der Waals surface area contributed by atoms with E-state index in [9.17, 15) is 21.6 Å². The van der Waals surface area contributed by atoms with Crippen molar-refractivity contribution in [2.24, 2.45) is 0 Å². The van der Waals surface area contributed by atoms with Crippen molar-refractivity contribution in [1.29, 1.82) is 0 Å². The number of benzene rings is 2. The fraction of sp³-hybridized carbons (Fsp3) is 0.316. The molecule has 8 nitrogen and oxygen atoms in total. The van der Waals surface area contributed by atoms with E-state index < -0.39 is 26.0 Å². The Morgan fingerprint density at radius 2 is 1.52 bits per heavy atom. The molecule has 0 spiro atoms. The summed E-state index contributed by atoms with van der Waals surface area (Å²) in [5.74, 6) is -0.504. The standard InChI is InChI=1S/C19H23Cl2N3O5S2/c1-23(2)31(28,29)16-7-4-14(5-8-16)11-22-19(25)13-24(30(3,26)27)12-15-6-9-17(20)18(21)10-15/h4-10H,11-13H2,1-3H3,(H,22,25). The smallest absolute Gasteiger partial charge is 0.242 e. The molecule has 0 atom stereocenters. The highest BCUT2D eigenvalue weighted by atomic mass is 35.5. The lowest BCUT2D eigenvalue weighted by atomic mass is 10.2. The third kappa shape index (κ3) is 7.16. The van der Waals surface area contributed by atoms with E-state index in [2.05, 4.69) is 5.32 Å². The van der Waals surface area contributed by atoms with Crippen LogP contribution in [0.2, 0.25) is 10.0 Å². The molecule has 31 heavy (non-hydrogen) atoms. The van der Waals surface area contributed by atoms with Crippen LogP contribution in [0.1, 0.15) is 11.1 Å². The number of halogens is 2. The van der Waals surface area contributed by atoms with Crippen molar-refractivity contribution in [1.82, 2.24) is 13.9 Å². The SMILES string of the molecule is CN(C)S(=O)(=O)c1ccc(CNC(=O)CN(Cc2ccc(Cl)c(Cl)c2)S(C)(=O)=O)cc1. The van der Waals surface area contributed by atoms with Crippen molar-refractivity contribution in [3.63, 3.8) is 0 Å². The van der Waals surface area contributed by atoms with Crippen LogP contribution in [0.25, 0.3) is 0 Å². The molecule has 170 valence electrons. The minimum absolute atomic E-state index is 0.0414. The lowest BCUT2D eigenvalue weighted by Gasteiger charge is -2.20. The average Bonchev–Trinajstić information content (AvgIpc) is 2.68. The molecule has 0 radical (unpaired) electrons. The van der Waals surface area contributed by atoms with Gasteiger partial charge in [0.15, 0.2) is 0 Å². The van der Waals surface area contributed by atoms with Crippen LogP contribution in [0, 0.1) is 0 Å². The molecule has 0 heterocycles. The summed E-state index contributed by atoms with van der Waals surface area (Å²) in [6.45, 7) is -0.308. The summed E-state index contributed by atoms with van der Waals surface area (Å²) in [7, 11) is -4.33. The van der Waals surface area contributed by atoms with E-state index in [1.54, 1.807) is 30.3 Å². The number of nitrogens with one attached hydrogen (secondary N) is 1. The first-order valence-corrected chi connectivity index (χ1v) is 13.0. The van der Waals surface area contributed by atoms with Gasteiger partial charge in [-0.15, -0.1) is 0 Å². The van der Waals surface area contributed by atoms with E-state index >= 15 is 0 Å². The molecule has 0 aromatic heterocycles. The first-order valence-electron chi connectivity index (χ1n) is 8.98. The molecule has 2 aromatic carbocycles. The molecule has 12 heteroatoms. The van der Waals surface area contributed by atoms with Gasteiger partial charge < -0.3 is 5.32 Å². The maximum absolute atomic E-state index is 12.3. The second-order valence-electron chi connectivity index (χ2n) is 6.99. The normalized spacial score (nSPS) is 12.4. The van der Waals surface area contributed by atoms with Crippen molar-refractivity contribution < 1.29 is 21.6 Å². The van der Waals surface area contributed by atoms with E-state index in [4.69, 9.17) is 23.2 Å². The fourth-order valence-corrected chi connectivity index (χ4v) is 4.50. The van der Waals surface area contributed by atoms with Crippen LogP contribution in [0.4, 0.5) is 0 Å². The number of hydrogen-bond donors (Lipinski definition) is 1. The van der Waals surface area contributed by atoms with E-state index in [-0.39, 0.29) is 29.6 Å². The molecular formula is C19H23Cl2N3O5S2. The Kier molecular flexibility index (Phi) is 8.48. The lowest BCUT2D eigenvalue weighted by Crippen LogP contribution is -2.39. The van der Waals surface area contributed by atoms with E-state index in [0.29, 0.717) is 16.1 Å². The van der Waals surface area contributed by atoms with Gasteiger partial charge in [-0.1, -0.05) is 41.4 Å². The highest BCUT2D eigenvalue weighted by Gasteiger charge is 2.21. The third-order valence-corrected chi connectivity index (χ3v) is 8.09. The molecule has 0 saturated carbocycles.